The van der Waals surface area contributed by atoms with E-state index in [0.717, 1.165) is 23.3 Å². The molecule has 3 heteroatoms. The maximum atomic E-state index is 11.3. The topological polar surface area (TPSA) is 38.3 Å². The molecule has 1 N–H and O–H groups in total. The van der Waals surface area contributed by atoms with Gasteiger partial charge in [-0.15, -0.1) is 0 Å². The van der Waals surface area contributed by atoms with Crippen LogP contribution in [0.25, 0.3) is 0 Å². The summed E-state index contributed by atoms with van der Waals surface area (Å²) in [5.41, 5.74) is 1.91. The van der Waals surface area contributed by atoms with Crippen molar-refractivity contribution in [3.8, 4) is 0 Å². The van der Waals surface area contributed by atoms with Gasteiger partial charge in [0.15, 0.2) is 0 Å². The van der Waals surface area contributed by atoms with Gasteiger partial charge in [0, 0.05) is 12.1 Å². The van der Waals surface area contributed by atoms with Crippen molar-refractivity contribution in [3.63, 3.8) is 0 Å². The molecule has 0 aromatic rings. The lowest BCUT2D eigenvalue weighted by Crippen LogP contribution is -2.17. The Morgan fingerprint density at radius 1 is 1.54 bits per heavy atom. The normalized spacial score (nSPS) is 20.7. The molecular weight excluding hydrogens is 166 g/mol. The van der Waals surface area contributed by atoms with Gasteiger partial charge in [-0.05, 0) is 24.1 Å². The summed E-state index contributed by atoms with van der Waals surface area (Å²) in [6.45, 7) is 0.673. The van der Waals surface area contributed by atoms with Crippen molar-refractivity contribution in [3.05, 3.63) is 35.1 Å². The van der Waals surface area contributed by atoms with Crippen LogP contribution >= 0.6 is 0 Å². The van der Waals surface area contributed by atoms with Crippen molar-refractivity contribution in [2.75, 3.05) is 13.7 Å². The van der Waals surface area contributed by atoms with E-state index in [2.05, 4.69) is 5.32 Å². The first-order valence-electron chi connectivity index (χ1n) is 4.23. The summed E-state index contributed by atoms with van der Waals surface area (Å²) in [7, 11) is 1.61. The van der Waals surface area contributed by atoms with Crippen LogP contribution in [0.15, 0.2) is 35.1 Å². The molecule has 0 aromatic carbocycles. The highest BCUT2D eigenvalue weighted by Gasteiger charge is 2.21. The zero-order valence-corrected chi connectivity index (χ0v) is 7.46. The lowest BCUT2D eigenvalue weighted by molar-refractivity contribution is -0.116. The maximum absolute atomic E-state index is 11.3. The average Bonchev–Trinajstić information content (AvgIpc) is 2.41. The minimum atomic E-state index is 0.00764. The number of hydrogen-bond donors (Lipinski definition) is 1. The third-order valence-corrected chi connectivity index (χ3v) is 2.26. The fourth-order valence-corrected chi connectivity index (χ4v) is 1.52. The predicted molar refractivity (Wildman–Crippen MR) is 48.9 cm³/mol. The van der Waals surface area contributed by atoms with Gasteiger partial charge in [-0.25, -0.2) is 0 Å². The van der Waals surface area contributed by atoms with Crippen molar-refractivity contribution < 1.29 is 9.53 Å². The van der Waals surface area contributed by atoms with E-state index in [1.165, 1.54) is 0 Å². The molecule has 1 aliphatic carbocycles. The fourth-order valence-electron chi connectivity index (χ4n) is 1.52. The van der Waals surface area contributed by atoms with E-state index in [0.29, 0.717) is 6.54 Å². The Balaban J connectivity index is 2.38. The maximum Gasteiger partial charge on any atom is 0.251 e. The zero-order valence-electron chi connectivity index (χ0n) is 7.46. The summed E-state index contributed by atoms with van der Waals surface area (Å²) in [5, 5.41) is 2.79. The summed E-state index contributed by atoms with van der Waals surface area (Å²) in [6, 6.07) is 0. The summed E-state index contributed by atoms with van der Waals surface area (Å²) < 4.78 is 5.09. The van der Waals surface area contributed by atoms with Gasteiger partial charge in [0.25, 0.3) is 5.91 Å². The van der Waals surface area contributed by atoms with Gasteiger partial charge in [-0.3, -0.25) is 4.79 Å². The number of amides is 1. The molecule has 0 radical (unpaired) electrons. The van der Waals surface area contributed by atoms with Crippen LogP contribution < -0.4 is 5.32 Å². The molecule has 0 atom stereocenters. The Kier molecular flexibility index (Phi) is 1.93. The third kappa shape index (κ3) is 1.37. The quantitative estimate of drug-likeness (QED) is 0.646. The summed E-state index contributed by atoms with van der Waals surface area (Å²) in [4.78, 5) is 11.3. The molecule has 2 aliphatic rings. The fraction of sp³-hybridized carbons (Fsp3) is 0.300. The molecule has 68 valence electrons. The number of methoxy groups -OCH3 is 1. The molecule has 13 heavy (non-hydrogen) atoms. The number of nitrogens with one attached hydrogen (secondary N) is 1. The van der Waals surface area contributed by atoms with Crippen molar-refractivity contribution in [1.82, 2.24) is 5.32 Å². The molecule has 0 saturated heterocycles. The van der Waals surface area contributed by atoms with Crippen molar-refractivity contribution in [1.29, 1.82) is 0 Å². The standard InChI is InChI=1S/C10H11NO2/c1-13-8-4-2-3-7-6-11-10(12)9(7)5-8/h2,4-5H,3,6H2,1H3,(H,11,12). The van der Waals surface area contributed by atoms with Crippen LogP contribution in [0.3, 0.4) is 0 Å². The van der Waals surface area contributed by atoms with E-state index in [4.69, 9.17) is 4.74 Å². The van der Waals surface area contributed by atoms with Crippen LogP contribution in [0.1, 0.15) is 6.42 Å². The summed E-state index contributed by atoms with van der Waals surface area (Å²) in [6.07, 6.45) is 6.53. The van der Waals surface area contributed by atoms with E-state index in [-0.39, 0.29) is 5.91 Å². The molecular formula is C10H11NO2. The summed E-state index contributed by atoms with van der Waals surface area (Å²) in [5.74, 6) is 0.746. The van der Waals surface area contributed by atoms with E-state index in [9.17, 15) is 4.79 Å². The van der Waals surface area contributed by atoms with Gasteiger partial charge in [0.05, 0.1) is 7.11 Å². The van der Waals surface area contributed by atoms with Crippen LogP contribution in [-0.2, 0) is 9.53 Å². The van der Waals surface area contributed by atoms with Crippen molar-refractivity contribution >= 4 is 5.91 Å². The smallest absolute Gasteiger partial charge is 0.251 e. The predicted octanol–water partition coefficient (Wildman–Crippen LogP) is 0.903. The van der Waals surface area contributed by atoms with Gasteiger partial charge in [0.1, 0.15) is 5.76 Å². The van der Waals surface area contributed by atoms with Gasteiger partial charge in [0.2, 0.25) is 0 Å². The molecule has 1 heterocycles. The average molecular weight is 177 g/mol. The van der Waals surface area contributed by atoms with Crippen LogP contribution in [0.5, 0.6) is 0 Å². The number of carbonyl (C=O) groups excluding carboxylic acids is 1. The Morgan fingerprint density at radius 3 is 3.15 bits per heavy atom. The zero-order chi connectivity index (χ0) is 9.26. The first kappa shape index (κ1) is 8.10. The van der Waals surface area contributed by atoms with Gasteiger partial charge in [-0.2, -0.15) is 0 Å². The number of carbonyl (C=O) groups is 1. The van der Waals surface area contributed by atoms with Crippen LogP contribution in [0.2, 0.25) is 0 Å². The monoisotopic (exact) mass is 177 g/mol. The van der Waals surface area contributed by atoms with Crippen molar-refractivity contribution in [2.45, 2.75) is 6.42 Å². The van der Waals surface area contributed by atoms with Crippen molar-refractivity contribution in [2.24, 2.45) is 0 Å². The second kappa shape index (κ2) is 3.09. The molecule has 0 unspecified atom stereocenters. The SMILES string of the molecule is COC1=CC2=C(CC=C1)CNC2=O. The molecule has 0 spiro atoms. The van der Waals surface area contributed by atoms with E-state index in [1.54, 1.807) is 13.2 Å². The molecule has 1 aliphatic heterocycles. The third-order valence-electron chi connectivity index (χ3n) is 2.26. The number of ether oxygens (including phenoxy) is 1. The number of rotatable bonds is 1. The van der Waals surface area contributed by atoms with Crippen LogP contribution in [0, 0.1) is 0 Å². The molecule has 0 saturated carbocycles. The van der Waals surface area contributed by atoms with E-state index < -0.39 is 0 Å². The van der Waals surface area contributed by atoms with Crippen LogP contribution in [-0.4, -0.2) is 19.6 Å². The Labute approximate surface area is 76.8 Å². The minimum Gasteiger partial charge on any atom is -0.497 e. The molecule has 0 aromatic heterocycles. The first-order valence-corrected chi connectivity index (χ1v) is 4.23. The van der Waals surface area contributed by atoms with E-state index >= 15 is 0 Å². The molecule has 1 amide bonds. The minimum absolute atomic E-state index is 0.00764. The van der Waals surface area contributed by atoms with E-state index in [1.807, 2.05) is 12.2 Å². The Hall–Kier alpha value is -1.51. The number of allylic oxidation sites excluding steroid dienone is 2. The highest BCUT2D eigenvalue weighted by molar-refractivity contribution is 6.00. The largest absolute Gasteiger partial charge is 0.497 e. The Bertz CT molecular complexity index is 337. The molecule has 0 fully saturated rings. The van der Waals surface area contributed by atoms with Gasteiger partial charge < -0.3 is 10.1 Å². The second-order valence-electron chi connectivity index (χ2n) is 3.06. The second-order valence-corrected chi connectivity index (χ2v) is 3.06. The first-order chi connectivity index (χ1) is 6.31. The van der Waals surface area contributed by atoms with Crippen LogP contribution in [0.4, 0.5) is 0 Å². The highest BCUT2D eigenvalue weighted by atomic mass is 16.5. The molecule has 3 nitrogen and oxygen atoms in total. The Morgan fingerprint density at radius 2 is 2.38 bits per heavy atom. The molecule has 0 bridgehead atoms. The lowest BCUT2D eigenvalue weighted by Gasteiger charge is -1.98. The van der Waals surface area contributed by atoms with Gasteiger partial charge in [-0.1, -0.05) is 6.08 Å². The lowest BCUT2D eigenvalue weighted by atomic mass is 10.1. The molecule has 2 rings (SSSR count). The highest BCUT2D eigenvalue weighted by Crippen LogP contribution is 2.21. The summed E-state index contributed by atoms with van der Waals surface area (Å²) >= 11 is 0. The number of hydrogen-bond acceptors (Lipinski definition) is 2. The van der Waals surface area contributed by atoms with Gasteiger partial charge >= 0.3 is 0 Å².